The Balaban J connectivity index is 5.65. The van der Waals surface area contributed by atoms with Gasteiger partial charge in [0.1, 0.15) is 5.76 Å². The molecule has 0 bridgehead atoms. The Labute approximate surface area is 120 Å². The zero-order valence-electron chi connectivity index (χ0n) is 14.3. The second-order valence-corrected chi connectivity index (χ2v) is 5.53. The summed E-state index contributed by atoms with van der Waals surface area (Å²) < 4.78 is 11.7. The number of methoxy groups -OCH3 is 2. The minimum absolute atomic E-state index is 0.225. The molecule has 0 aromatic heterocycles. The fraction of sp³-hybridized carbons (Fsp3) is 0.882. The van der Waals surface area contributed by atoms with E-state index in [-0.39, 0.29) is 5.60 Å². The lowest BCUT2D eigenvalue weighted by Crippen LogP contribution is -2.39. The maximum absolute atomic E-state index is 5.93. The first kappa shape index (κ1) is 18.5. The van der Waals surface area contributed by atoms with E-state index >= 15 is 0 Å². The highest BCUT2D eigenvalue weighted by atomic mass is 16.5. The van der Waals surface area contributed by atoms with E-state index in [2.05, 4.69) is 41.5 Å². The van der Waals surface area contributed by atoms with Gasteiger partial charge < -0.3 is 9.47 Å². The van der Waals surface area contributed by atoms with Crippen LogP contribution in [0.5, 0.6) is 0 Å². The van der Waals surface area contributed by atoms with Crippen LogP contribution in [0.1, 0.15) is 67.2 Å². The van der Waals surface area contributed by atoms with Crippen molar-refractivity contribution in [1.29, 1.82) is 0 Å². The quantitative estimate of drug-likeness (QED) is 0.537. The average molecular weight is 270 g/mol. The first-order chi connectivity index (χ1) is 8.96. The van der Waals surface area contributed by atoms with Gasteiger partial charge in [-0.05, 0) is 38.2 Å². The fourth-order valence-electron chi connectivity index (χ4n) is 3.22. The second kappa shape index (κ2) is 8.63. The second-order valence-electron chi connectivity index (χ2n) is 5.53. The Morgan fingerprint density at radius 1 is 0.947 bits per heavy atom. The Morgan fingerprint density at radius 2 is 1.42 bits per heavy atom. The maximum Gasteiger partial charge on any atom is 0.100 e. The van der Waals surface area contributed by atoms with Gasteiger partial charge in [-0.1, -0.05) is 40.5 Å². The zero-order valence-corrected chi connectivity index (χ0v) is 14.3. The third-order valence-electron chi connectivity index (χ3n) is 4.88. The molecule has 1 atom stereocenters. The molecule has 114 valence electrons. The van der Waals surface area contributed by atoms with Crippen LogP contribution >= 0.6 is 0 Å². The van der Waals surface area contributed by atoms with E-state index < -0.39 is 0 Å². The van der Waals surface area contributed by atoms with Gasteiger partial charge in [-0.3, -0.25) is 0 Å². The molecule has 0 spiro atoms. The topological polar surface area (TPSA) is 18.5 Å². The highest BCUT2D eigenvalue weighted by Gasteiger charge is 2.36. The van der Waals surface area contributed by atoms with Gasteiger partial charge in [0, 0.05) is 13.0 Å². The van der Waals surface area contributed by atoms with Crippen LogP contribution in [-0.4, -0.2) is 19.8 Å². The Kier molecular flexibility index (Phi) is 8.40. The monoisotopic (exact) mass is 270 g/mol. The number of rotatable bonds is 9. The van der Waals surface area contributed by atoms with Gasteiger partial charge in [0.2, 0.25) is 0 Å². The van der Waals surface area contributed by atoms with Crippen LogP contribution < -0.4 is 0 Å². The number of hydrogen-bond acceptors (Lipinski definition) is 2. The van der Waals surface area contributed by atoms with Gasteiger partial charge in [0.25, 0.3) is 0 Å². The zero-order chi connectivity index (χ0) is 15.1. The van der Waals surface area contributed by atoms with Crippen molar-refractivity contribution in [3.05, 3.63) is 11.3 Å². The first-order valence-electron chi connectivity index (χ1n) is 7.76. The summed E-state index contributed by atoms with van der Waals surface area (Å²) >= 11 is 0. The van der Waals surface area contributed by atoms with Gasteiger partial charge in [-0.25, -0.2) is 0 Å². The summed E-state index contributed by atoms with van der Waals surface area (Å²) in [6.07, 6.45) is 4.47. The van der Waals surface area contributed by atoms with Crippen molar-refractivity contribution in [3.63, 3.8) is 0 Å². The molecule has 0 rings (SSSR count). The van der Waals surface area contributed by atoms with E-state index in [0.29, 0.717) is 11.8 Å². The molecule has 0 radical (unpaired) electrons. The Bertz CT molecular complexity index is 275. The van der Waals surface area contributed by atoms with Crippen LogP contribution in [0.3, 0.4) is 0 Å². The smallest absolute Gasteiger partial charge is 0.100 e. The molecule has 0 aromatic rings. The number of allylic oxidation sites excluding steroid dienone is 1. The highest BCUT2D eigenvalue weighted by Crippen LogP contribution is 2.38. The molecule has 0 aliphatic rings. The Hall–Kier alpha value is -0.500. The average Bonchev–Trinajstić information content (AvgIpc) is 2.44. The van der Waals surface area contributed by atoms with Crippen LogP contribution in [0.15, 0.2) is 11.3 Å². The fourth-order valence-corrected chi connectivity index (χ4v) is 3.22. The lowest BCUT2D eigenvalue weighted by molar-refractivity contribution is -0.0203. The number of ether oxygens (including phenoxy) is 2. The molecular weight excluding hydrogens is 236 g/mol. The molecule has 0 fully saturated rings. The molecule has 0 N–H and O–H groups in total. The molecule has 0 amide bonds. The summed E-state index contributed by atoms with van der Waals surface area (Å²) in [5, 5.41) is 0. The van der Waals surface area contributed by atoms with Crippen molar-refractivity contribution in [2.75, 3.05) is 14.2 Å². The molecule has 0 heterocycles. The molecule has 2 nitrogen and oxygen atoms in total. The third kappa shape index (κ3) is 3.98. The lowest BCUT2D eigenvalue weighted by atomic mass is 9.77. The molecule has 0 saturated heterocycles. The highest BCUT2D eigenvalue weighted by molar-refractivity contribution is 5.21. The summed E-state index contributed by atoms with van der Waals surface area (Å²) in [6, 6.07) is 0. The van der Waals surface area contributed by atoms with Gasteiger partial charge in [-0.15, -0.1) is 0 Å². The molecule has 2 heteroatoms. The van der Waals surface area contributed by atoms with Crippen molar-refractivity contribution in [1.82, 2.24) is 0 Å². The lowest BCUT2D eigenvalue weighted by Gasteiger charge is -2.38. The van der Waals surface area contributed by atoms with E-state index in [1.165, 1.54) is 5.57 Å². The van der Waals surface area contributed by atoms with E-state index in [0.717, 1.165) is 31.4 Å². The predicted molar refractivity (Wildman–Crippen MR) is 83.3 cm³/mol. The van der Waals surface area contributed by atoms with Crippen LogP contribution in [0, 0.1) is 11.8 Å². The van der Waals surface area contributed by atoms with E-state index in [9.17, 15) is 0 Å². The van der Waals surface area contributed by atoms with Crippen LogP contribution in [-0.2, 0) is 9.47 Å². The van der Waals surface area contributed by atoms with Gasteiger partial charge >= 0.3 is 0 Å². The molecule has 1 unspecified atom stereocenters. The minimum atomic E-state index is -0.225. The molecule has 0 saturated carbocycles. The first-order valence-corrected chi connectivity index (χ1v) is 7.76. The van der Waals surface area contributed by atoms with Crippen LogP contribution in [0.4, 0.5) is 0 Å². The summed E-state index contributed by atoms with van der Waals surface area (Å²) in [6.45, 7) is 13.3. The van der Waals surface area contributed by atoms with Crippen molar-refractivity contribution < 1.29 is 9.47 Å². The Morgan fingerprint density at radius 3 is 1.68 bits per heavy atom. The predicted octanol–water partition coefficient (Wildman–Crippen LogP) is 5.18. The van der Waals surface area contributed by atoms with Crippen molar-refractivity contribution in [2.24, 2.45) is 11.8 Å². The van der Waals surface area contributed by atoms with Crippen molar-refractivity contribution in [3.8, 4) is 0 Å². The van der Waals surface area contributed by atoms with E-state index in [1.807, 2.05) is 7.11 Å². The summed E-state index contributed by atoms with van der Waals surface area (Å²) in [5.41, 5.74) is 1.04. The largest absolute Gasteiger partial charge is 0.501 e. The van der Waals surface area contributed by atoms with Crippen molar-refractivity contribution >= 4 is 0 Å². The van der Waals surface area contributed by atoms with E-state index in [4.69, 9.17) is 9.47 Å². The summed E-state index contributed by atoms with van der Waals surface area (Å²) in [5.74, 6) is 2.15. The van der Waals surface area contributed by atoms with Gasteiger partial charge in [-0.2, -0.15) is 0 Å². The molecule has 0 aliphatic carbocycles. The van der Waals surface area contributed by atoms with Gasteiger partial charge in [0.15, 0.2) is 0 Å². The normalized spacial score (nSPS) is 16.5. The molecule has 19 heavy (non-hydrogen) atoms. The molecular formula is C17H34O2. The molecule has 0 aromatic carbocycles. The summed E-state index contributed by atoms with van der Waals surface area (Å²) in [4.78, 5) is 0. The molecule has 0 aliphatic heterocycles. The standard InChI is InChI=1S/C17H34O2/c1-9-14(10-2)16(18-7)13(5)17(6,19-8)15(11-3)12-4/h14-15H,9-12H2,1-8H3/b16-13-. The van der Waals surface area contributed by atoms with Gasteiger partial charge in [0.05, 0.1) is 12.7 Å². The minimum Gasteiger partial charge on any atom is -0.501 e. The maximum atomic E-state index is 5.93. The number of hydrogen-bond donors (Lipinski definition) is 0. The SMILES string of the molecule is CCC(CC)/C(OC)=C(\C)C(C)(OC)C(CC)CC. The third-order valence-corrected chi connectivity index (χ3v) is 4.88. The summed E-state index contributed by atoms with van der Waals surface area (Å²) in [7, 11) is 3.61. The van der Waals surface area contributed by atoms with E-state index in [1.54, 1.807) is 7.11 Å². The van der Waals surface area contributed by atoms with Crippen molar-refractivity contribution in [2.45, 2.75) is 72.8 Å². The van der Waals surface area contributed by atoms with Crippen LogP contribution in [0.2, 0.25) is 0 Å². The van der Waals surface area contributed by atoms with Crippen LogP contribution in [0.25, 0.3) is 0 Å².